The lowest BCUT2D eigenvalue weighted by molar-refractivity contribution is 0.259. The molecule has 0 saturated carbocycles. The highest BCUT2D eigenvalue weighted by Crippen LogP contribution is 2.17. The molecule has 0 amide bonds. The first-order valence-corrected chi connectivity index (χ1v) is 8.97. The number of para-hydroxylation sites is 1. The number of guanidine groups is 1. The van der Waals surface area contributed by atoms with Crippen LogP contribution < -0.4 is 15.4 Å². The van der Waals surface area contributed by atoms with E-state index in [9.17, 15) is 0 Å². The summed E-state index contributed by atoms with van der Waals surface area (Å²) < 4.78 is 5.90. The van der Waals surface area contributed by atoms with E-state index in [2.05, 4.69) is 33.5 Å². The molecule has 136 valence electrons. The number of unbranched alkanes of at least 4 members (excludes halogenated alkanes) is 3. The Morgan fingerprint density at radius 2 is 1.92 bits per heavy atom. The van der Waals surface area contributed by atoms with Gasteiger partial charge in [-0.2, -0.15) is 0 Å². The average molecular weight is 335 g/mol. The second kappa shape index (κ2) is 12.6. The van der Waals surface area contributed by atoms with Crippen molar-refractivity contribution in [1.82, 2.24) is 15.5 Å². The predicted molar refractivity (Wildman–Crippen MR) is 103 cm³/mol. The van der Waals surface area contributed by atoms with Gasteiger partial charge in [0.1, 0.15) is 12.4 Å². The maximum atomic E-state index is 5.90. The predicted octanol–water partition coefficient (Wildman–Crippen LogP) is 2.87. The number of hydrogen-bond acceptors (Lipinski definition) is 3. The van der Waals surface area contributed by atoms with Gasteiger partial charge < -0.3 is 20.3 Å². The first-order valence-electron chi connectivity index (χ1n) is 8.97. The van der Waals surface area contributed by atoms with Crippen molar-refractivity contribution in [3.63, 3.8) is 0 Å². The maximum Gasteiger partial charge on any atom is 0.191 e. The topological polar surface area (TPSA) is 48.9 Å². The molecule has 0 radical (unpaired) electrons. The van der Waals surface area contributed by atoms with E-state index < -0.39 is 0 Å². The lowest BCUT2D eigenvalue weighted by Gasteiger charge is -2.16. The molecule has 0 aliphatic rings. The molecule has 5 heteroatoms. The molecule has 1 aromatic rings. The first kappa shape index (κ1) is 20.3. The molecule has 0 aliphatic heterocycles. The van der Waals surface area contributed by atoms with Crippen molar-refractivity contribution in [2.24, 2.45) is 4.99 Å². The Balaban J connectivity index is 2.41. The standard InChI is InChI=1S/C19H34N4O/c1-5-6-7-10-13-21-19(20-2)22-16-17-11-8-9-12-18(17)24-15-14-23(3)4/h8-9,11-12H,5-7,10,13-16H2,1-4H3,(H2,20,21,22). The van der Waals surface area contributed by atoms with Crippen molar-refractivity contribution in [2.45, 2.75) is 39.2 Å². The van der Waals surface area contributed by atoms with Crippen LogP contribution >= 0.6 is 0 Å². The van der Waals surface area contributed by atoms with E-state index >= 15 is 0 Å². The summed E-state index contributed by atoms with van der Waals surface area (Å²) in [6.45, 7) is 5.48. The summed E-state index contributed by atoms with van der Waals surface area (Å²) in [6, 6.07) is 8.16. The molecule has 2 N–H and O–H groups in total. The zero-order valence-corrected chi connectivity index (χ0v) is 15.8. The van der Waals surface area contributed by atoms with Crippen LogP contribution in [0.5, 0.6) is 5.75 Å². The van der Waals surface area contributed by atoms with E-state index in [1.807, 2.05) is 32.3 Å². The second-order valence-electron chi connectivity index (χ2n) is 6.17. The summed E-state index contributed by atoms with van der Waals surface area (Å²) >= 11 is 0. The summed E-state index contributed by atoms with van der Waals surface area (Å²) in [5, 5.41) is 6.73. The van der Waals surface area contributed by atoms with Crippen LogP contribution in [0.25, 0.3) is 0 Å². The lowest BCUT2D eigenvalue weighted by atomic mass is 10.2. The number of hydrogen-bond donors (Lipinski definition) is 2. The van der Waals surface area contributed by atoms with E-state index in [-0.39, 0.29) is 0 Å². The fourth-order valence-corrected chi connectivity index (χ4v) is 2.29. The number of nitrogens with one attached hydrogen (secondary N) is 2. The molecule has 24 heavy (non-hydrogen) atoms. The third kappa shape index (κ3) is 8.77. The van der Waals surface area contributed by atoms with E-state index in [4.69, 9.17) is 4.74 Å². The molecule has 1 aromatic carbocycles. The van der Waals surface area contributed by atoms with E-state index in [1.165, 1.54) is 25.7 Å². The minimum Gasteiger partial charge on any atom is -0.492 e. The van der Waals surface area contributed by atoms with Gasteiger partial charge in [-0.15, -0.1) is 0 Å². The highest BCUT2D eigenvalue weighted by Gasteiger charge is 2.04. The maximum absolute atomic E-state index is 5.90. The van der Waals surface area contributed by atoms with Gasteiger partial charge in [0, 0.05) is 32.2 Å². The highest BCUT2D eigenvalue weighted by molar-refractivity contribution is 5.79. The van der Waals surface area contributed by atoms with E-state index in [1.54, 1.807) is 7.05 Å². The number of rotatable bonds is 11. The van der Waals surface area contributed by atoms with Gasteiger partial charge in [0.15, 0.2) is 5.96 Å². The molecular formula is C19H34N4O. The smallest absolute Gasteiger partial charge is 0.191 e. The van der Waals surface area contributed by atoms with Crippen LogP contribution in [0.4, 0.5) is 0 Å². The highest BCUT2D eigenvalue weighted by atomic mass is 16.5. The van der Waals surface area contributed by atoms with Crippen LogP contribution in [-0.2, 0) is 6.54 Å². The molecule has 0 saturated heterocycles. The van der Waals surface area contributed by atoms with Crippen molar-refractivity contribution in [3.05, 3.63) is 29.8 Å². The van der Waals surface area contributed by atoms with Crippen LogP contribution in [0.3, 0.4) is 0 Å². The Hall–Kier alpha value is -1.75. The van der Waals surface area contributed by atoms with Gasteiger partial charge in [0.05, 0.1) is 0 Å². The Kier molecular flexibility index (Phi) is 10.7. The van der Waals surface area contributed by atoms with Crippen molar-refractivity contribution >= 4 is 5.96 Å². The third-order valence-electron chi connectivity index (χ3n) is 3.76. The van der Waals surface area contributed by atoms with Gasteiger partial charge in [-0.05, 0) is 26.6 Å². The summed E-state index contributed by atoms with van der Waals surface area (Å²) in [7, 11) is 5.90. The summed E-state index contributed by atoms with van der Waals surface area (Å²) in [5.74, 6) is 1.78. The lowest BCUT2D eigenvalue weighted by Crippen LogP contribution is -2.37. The first-order chi connectivity index (χ1) is 11.7. The molecule has 0 heterocycles. The summed E-state index contributed by atoms with van der Waals surface area (Å²) in [6.07, 6.45) is 5.00. The van der Waals surface area contributed by atoms with Gasteiger partial charge in [-0.25, -0.2) is 0 Å². The number of benzene rings is 1. The molecule has 0 aromatic heterocycles. The minimum absolute atomic E-state index is 0.689. The van der Waals surface area contributed by atoms with Crippen molar-refractivity contribution in [2.75, 3.05) is 40.8 Å². The largest absolute Gasteiger partial charge is 0.492 e. The number of nitrogens with zero attached hydrogens (tertiary/aromatic N) is 2. The average Bonchev–Trinajstić information content (AvgIpc) is 2.58. The number of aliphatic imine (C=N–C) groups is 1. The Bertz CT molecular complexity index is 474. The Morgan fingerprint density at radius 3 is 2.62 bits per heavy atom. The molecule has 1 rings (SSSR count). The molecule has 0 bridgehead atoms. The van der Waals surface area contributed by atoms with Crippen LogP contribution in [0, 0.1) is 0 Å². The van der Waals surface area contributed by atoms with E-state index in [0.717, 1.165) is 30.4 Å². The quantitative estimate of drug-likeness (QED) is 0.371. The van der Waals surface area contributed by atoms with Gasteiger partial charge in [-0.3, -0.25) is 4.99 Å². The Labute approximate surface area is 147 Å². The van der Waals surface area contributed by atoms with Gasteiger partial charge in [-0.1, -0.05) is 44.4 Å². The zero-order valence-electron chi connectivity index (χ0n) is 15.8. The fraction of sp³-hybridized carbons (Fsp3) is 0.632. The molecule has 0 aliphatic carbocycles. The van der Waals surface area contributed by atoms with Crippen molar-refractivity contribution in [3.8, 4) is 5.75 Å². The number of likely N-dealkylation sites (N-methyl/N-ethyl adjacent to an activating group) is 1. The minimum atomic E-state index is 0.689. The second-order valence-corrected chi connectivity index (χ2v) is 6.17. The van der Waals surface area contributed by atoms with E-state index in [0.29, 0.717) is 13.2 Å². The molecule has 0 fully saturated rings. The molecule has 0 atom stereocenters. The van der Waals surface area contributed by atoms with Crippen LogP contribution in [0.2, 0.25) is 0 Å². The van der Waals surface area contributed by atoms with Crippen molar-refractivity contribution < 1.29 is 4.74 Å². The van der Waals surface area contributed by atoms with Crippen LogP contribution in [0.1, 0.15) is 38.2 Å². The SMILES string of the molecule is CCCCCCNC(=NC)NCc1ccccc1OCCN(C)C. The Morgan fingerprint density at radius 1 is 1.12 bits per heavy atom. The third-order valence-corrected chi connectivity index (χ3v) is 3.76. The molecular weight excluding hydrogens is 300 g/mol. The van der Waals surface area contributed by atoms with Gasteiger partial charge in [0.2, 0.25) is 0 Å². The normalized spacial score (nSPS) is 11.6. The zero-order chi connectivity index (χ0) is 17.6. The molecule has 5 nitrogen and oxygen atoms in total. The van der Waals surface area contributed by atoms with Gasteiger partial charge in [0.25, 0.3) is 0 Å². The molecule has 0 spiro atoms. The summed E-state index contributed by atoms with van der Waals surface area (Å²) in [5.41, 5.74) is 1.14. The van der Waals surface area contributed by atoms with Crippen LogP contribution in [0.15, 0.2) is 29.3 Å². The monoisotopic (exact) mass is 334 g/mol. The fourth-order valence-electron chi connectivity index (χ4n) is 2.29. The molecule has 0 unspecified atom stereocenters. The van der Waals surface area contributed by atoms with Gasteiger partial charge >= 0.3 is 0 Å². The van der Waals surface area contributed by atoms with Crippen LogP contribution in [-0.4, -0.2) is 51.7 Å². The number of ether oxygens (including phenoxy) is 1. The summed E-state index contributed by atoms with van der Waals surface area (Å²) in [4.78, 5) is 6.40. The van der Waals surface area contributed by atoms with Crippen molar-refractivity contribution in [1.29, 1.82) is 0 Å².